The summed E-state index contributed by atoms with van der Waals surface area (Å²) < 4.78 is 37.7. The SMILES string of the molecule is FC(F)(F)c1ccc(-c2ccc(NCCc3cscn3)cn2)cc1. The third-order valence-electron chi connectivity index (χ3n) is 3.47. The molecular formula is C17H14F3N3S. The Bertz CT molecular complexity index is 766. The van der Waals surface area contributed by atoms with Crippen LogP contribution in [0.1, 0.15) is 11.3 Å². The Kier molecular flexibility index (Phi) is 4.80. The first kappa shape index (κ1) is 16.4. The van der Waals surface area contributed by atoms with Gasteiger partial charge >= 0.3 is 6.18 Å². The van der Waals surface area contributed by atoms with Crippen molar-refractivity contribution in [2.24, 2.45) is 0 Å². The summed E-state index contributed by atoms with van der Waals surface area (Å²) >= 11 is 1.57. The van der Waals surface area contributed by atoms with E-state index in [0.29, 0.717) is 11.3 Å². The third-order valence-corrected chi connectivity index (χ3v) is 4.10. The van der Waals surface area contributed by atoms with Crippen LogP contribution >= 0.6 is 11.3 Å². The molecule has 0 atom stereocenters. The minimum atomic E-state index is -4.32. The van der Waals surface area contributed by atoms with Gasteiger partial charge in [-0.25, -0.2) is 4.98 Å². The zero-order chi connectivity index (χ0) is 17.0. The fraction of sp³-hybridized carbons (Fsp3) is 0.176. The third kappa shape index (κ3) is 4.11. The van der Waals surface area contributed by atoms with Gasteiger partial charge in [-0.05, 0) is 24.3 Å². The van der Waals surface area contributed by atoms with E-state index in [1.54, 1.807) is 29.1 Å². The van der Waals surface area contributed by atoms with Crippen molar-refractivity contribution < 1.29 is 13.2 Å². The Labute approximate surface area is 141 Å². The Morgan fingerprint density at radius 2 is 1.79 bits per heavy atom. The smallest absolute Gasteiger partial charge is 0.383 e. The first-order valence-corrected chi connectivity index (χ1v) is 8.21. The van der Waals surface area contributed by atoms with Crippen LogP contribution in [0.15, 0.2) is 53.5 Å². The van der Waals surface area contributed by atoms with E-state index in [-0.39, 0.29) is 0 Å². The number of benzene rings is 1. The summed E-state index contributed by atoms with van der Waals surface area (Å²) in [4.78, 5) is 8.51. The molecule has 1 N–H and O–H groups in total. The van der Waals surface area contributed by atoms with E-state index in [1.807, 2.05) is 11.4 Å². The number of hydrogen-bond acceptors (Lipinski definition) is 4. The number of nitrogens with zero attached hydrogens (tertiary/aromatic N) is 2. The standard InChI is InChI=1S/C17H14F3N3S/c18-17(19,20)13-3-1-12(2-4-13)16-6-5-14(9-22-16)21-8-7-15-10-24-11-23-15/h1-6,9-11,21H,7-8H2. The molecule has 0 bridgehead atoms. The summed E-state index contributed by atoms with van der Waals surface area (Å²) in [5, 5.41) is 5.25. The van der Waals surface area contributed by atoms with Crippen molar-refractivity contribution in [3.05, 3.63) is 64.7 Å². The zero-order valence-corrected chi connectivity index (χ0v) is 13.4. The van der Waals surface area contributed by atoms with E-state index in [0.717, 1.165) is 36.5 Å². The van der Waals surface area contributed by atoms with Crippen LogP contribution < -0.4 is 5.32 Å². The molecule has 0 aliphatic rings. The van der Waals surface area contributed by atoms with E-state index in [9.17, 15) is 13.2 Å². The highest BCUT2D eigenvalue weighted by Crippen LogP contribution is 2.30. The van der Waals surface area contributed by atoms with Crippen LogP contribution in [-0.4, -0.2) is 16.5 Å². The largest absolute Gasteiger partial charge is 0.416 e. The summed E-state index contributed by atoms with van der Waals surface area (Å²) in [6.07, 6.45) is -1.82. The number of alkyl halides is 3. The number of hydrogen-bond donors (Lipinski definition) is 1. The first-order chi connectivity index (χ1) is 11.5. The Hall–Kier alpha value is -2.41. The molecule has 3 nitrogen and oxygen atoms in total. The van der Waals surface area contributed by atoms with E-state index in [1.165, 1.54) is 12.1 Å². The predicted molar refractivity (Wildman–Crippen MR) is 89.0 cm³/mol. The number of aromatic nitrogens is 2. The quantitative estimate of drug-likeness (QED) is 0.713. The van der Waals surface area contributed by atoms with Crippen molar-refractivity contribution >= 4 is 17.0 Å². The molecule has 1 aromatic carbocycles. The van der Waals surface area contributed by atoms with Gasteiger partial charge in [0.15, 0.2) is 0 Å². The first-order valence-electron chi connectivity index (χ1n) is 7.27. The highest BCUT2D eigenvalue weighted by molar-refractivity contribution is 7.07. The molecule has 0 aliphatic carbocycles. The number of anilines is 1. The maximum atomic E-state index is 12.6. The van der Waals surface area contributed by atoms with Gasteiger partial charge in [0.05, 0.1) is 34.3 Å². The van der Waals surface area contributed by atoms with Crippen molar-refractivity contribution in [1.29, 1.82) is 0 Å². The maximum absolute atomic E-state index is 12.6. The van der Waals surface area contributed by atoms with Crippen LogP contribution in [0, 0.1) is 0 Å². The molecular weight excluding hydrogens is 335 g/mol. The van der Waals surface area contributed by atoms with Gasteiger partial charge in [0.1, 0.15) is 0 Å². The molecule has 0 aliphatic heterocycles. The lowest BCUT2D eigenvalue weighted by molar-refractivity contribution is -0.137. The molecule has 0 spiro atoms. The summed E-state index contributed by atoms with van der Waals surface area (Å²) in [6.45, 7) is 0.741. The highest BCUT2D eigenvalue weighted by Gasteiger charge is 2.29. The topological polar surface area (TPSA) is 37.8 Å². The second-order valence-electron chi connectivity index (χ2n) is 5.16. The molecule has 24 heavy (non-hydrogen) atoms. The van der Waals surface area contributed by atoms with Crippen LogP contribution in [0.3, 0.4) is 0 Å². The molecule has 124 valence electrons. The lowest BCUT2D eigenvalue weighted by Gasteiger charge is -2.08. The second kappa shape index (κ2) is 7.00. The number of halogens is 3. The van der Waals surface area contributed by atoms with E-state index < -0.39 is 11.7 Å². The van der Waals surface area contributed by atoms with E-state index in [2.05, 4.69) is 15.3 Å². The van der Waals surface area contributed by atoms with Gasteiger partial charge in [-0.3, -0.25) is 4.98 Å². The fourth-order valence-corrected chi connectivity index (χ4v) is 2.79. The Morgan fingerprint density at radius 3 is 2.38 bits per heavy atom. The summed E-state index contributed by atoms with van der Waals surface area (Å²) in [5.41, 5.74) is 4.33. The molecule has 0 saturated heterocycles. The van der Waals surface area contributed by atoms with Crippen LogP contribution in [0.2, 0.25) is 0 Å². The van der Waals surface area contributed by atoms with Crippen molar-refractivity contribution in [2.45, 2.75) is 12.6 Å². The average Bonchev–Trinajstić information content (AvgIpc) is 3.08. The molecule has 2 aromatic heterocycles. The van der Waals surface area contributed by atoms with Gasteiger partial charge in [0.25, 0.3) is 0 Å². The van der Waals surface area contributed by atoms with Crippen molar-refractivity contribution in [1.82, 2.24) is 9.97 Å². The van der Waals surface area contributed by atoms with Crippen LogP contribution in [-0.2, 0) is 12.6 Å². The van der Waals surface area contributed by atoms with Crippen molar-refractivity contribution in [3.8, 4) is 11.3 Å². The molecule has 2 heterocycles. The van der Waals surface area contributed by atoms with E-state index in [4.69, 9.17) is 0 Å². The minimum Gasteiger partial charge on any atom is -0.383 e. The molecule has 0 saturated carbocycles. The maximum Gasteiger partial charge on any atom is 0.416 e. The number of thiazole rings is 1. The molecule has 0 unspecified atom stereocenters. The van der Waals surface area contributed by atoms with Gasteiger partial charge in [0.2, 0.25) is 0 Å². The zero-order valence-electron chi connectivity index (χ0n) is 12.5. The summed E-state index contributed by atoms with van der Waals surface area (Å²) in [6, 6.07) is 8.64. The van der Waals surface area contributed by atoms with Crippen molar-refractivity contribution in [3.63, 3.8) is 0 Å². The molecule has 3 aromatic rings. The van der Waals surface area contributed by atoms with Gasteiger partial charge in [-0.15, -0.1) is 11.3 Å². The number of pyridine rings is 1. The van der Waals surface area contributed by atoms with Gasteiger partial charge in [-0.1, -0.05) is 12.1 Å². The monoisotopic (exact) mass is 349 g/mol. The minimum absolute atomic E-state index is 0.633. The molecule has 3 rings (SSSR count). The van der Waals surface area contributed by atoms with Gasteiger partial charge in [-0.2, -0.15) is 13.2 Å². The molecule has 7 heteroatoms. The summed E-state index contributed by atoms with van der Waals surface area (Å²) in [7, 11) is 0. The predicted octanol–water partition coefficient (Wildman–Crippen LogP) is 4.88. The Morgan fingerprint density at radius 1 is 1.00 bits per heavy atom. The normalized spacial score (nSPS) is 11.5. The fourth-order valence-electron chi connectivity index (χ4n) is 2.20. The van der Waals surface area contributed by atoms with Gasteiger partial charge in [0, 0.05) is 23.9 Å². The lowest BCUT2D eigenvalue weighted by atomic mass is 10.1. The molecule has 0 fully saturated rings. The van der Waals surface area contributed by atoms with E-state index >= 15 is 0 Å². The number of nitrogens with one attached hydrogen (secondary N) is 1. The molecule has 0 radical (unpaired) electrons. The second-order valence-corrected chi connectivity index (χ2v) is 5.88. The van der Waals surface area contributed by atoms with Crippen LogP contribution in [0.4, 0.5) is 18.9 Å². The number of rotatable bonds is 5. The lowest BCUT2D eigenvalue weighted by Crippen LogP contribution is -2.05. The van der Waals surface area contributed by atoms with Crippen LogP contribution in [0.25, 0.3) is 11.3 Å². The molecule has 0 amide bonds. The van der Waals surface area contributed by atoms with Crippen LogP contribution in [0.5, 0.6) is 0 Å². The van der Waals surface area contributed by atoms with Crippen molar-refractivity contribution in [2.75, 3.05) is 11.9 Å². The highest BCUT2D eigenvalue weighted by atomic mass is 32.1. The van der Waals surface area contributed by atoms with Gasteiger partial charge < -0.3 is 5.32 Å². The average molecular weight is 349 g/mol. The summed E-state index contributed by atoms with van der Waals surface area (Å²) in [5.74, 6) is 0. The Balaban J connectivity index is 1.61.